The van der Waals surface area contributed by atoms with Crippen molar-refractivity contribution in [3.63, 3.8) is 0 Å². The lowest BCUT2D eigenvalue weighted by Crippen LogP contribution is -2.32. The van der Waals surface area contributed by atoms with Gasteiger partial charge in [0.2, 0.25) is 0 Å². The Morgan fingerprint density at radius 3 is 2.45 bits per heavy atom. The lowest BCUT2D eigenvalue weighted by atomic mass is 9.96. The van der Waals surface area contributed by atoms with Crippen molar-refractivity contribution in [2.45, 2.75) is 26.1 Å². The van der Waals surface area contributed by atoms with E-state index >= 15 is 0 Å². The normalized spacial score (nSPS) is 13.9. The molecule has 2 rings (SSSR count). The van der Waals surface area contributed by atoms with Gasteiger partial charge in [-0.05, 0) is 30.2 Å². The highest BCUT2D eigenvalue weighted by molar-refractivity contribution is 6.35. The molecule has 1 aromatic carbocycles. The maximum atomic E-state index is 6.21. The average Bonchev–Trinajstić information content (AvgIpc) is 2.50. The quantitative estimate of drug-likeness (QED) is 0.726. The molecule has 22 heavy (non-hydrogen) atoms. The summed E-state index contributed by atoms with van der Waals surface area (Å²) in [5.74, 6) is 0.813. The summed E-state index contributed by atoms with van der Waals surface area (Å²) in [6.07, 6.45) is 3.08. The van der Waals surface area contributed by atoms with Crippen LogP contribution < -0.4 is 4.74 Å². The summed E-state index contributed by atoms with van der Waals surface area (Å²) >= 11 is 12.1. The molecule has 0 fully saturated rings. The van der Waals surface area contributed by atoms with Crippen molar-refractivity contribution in [2.75, 3.05) is 7.11 Å². The Morgan fingerprint density at radius 2 is 1.91 bits per heavy atom. The Bertz CT molecular complexity index is 605. The van der Waals surface area contributed by atoms with Crippen molar-refractivity contribution in [3.05, 3.63) is 58.3 Å². The number of aromatic nitrogens is 1. The zero-order chi connectivity index (χ0) is 16.1. The van der Waals surface area contributed by atoms with E-state index in [1.54, 1.807) is 37.7 Å². The highest BCUT2D eigenvalue weighted by atomic mass is 35.5. The Labute approximate surface area is 141 Å². The summed E-state index contributed by atoms with van der Waals surface area (Å²) in [7, 11) is 1.67. The number of ether oxygens (including phenoxy) is 2. The van der Waals surface area contributed by atoms with Gasteiger partial charge in [-0.2, -0.15) is 0 Å². The van der Waals surface area contributed by atoms with Crippen LogP contribution in [0.25, 0.3) is 0 Å². The second kappa shape index (κ2) is 7.82. The minimum Gasteiger partial charge on any atom is -0.486 e. The van der Waals surface area contributed by atoms with Crippen LogP contribution in [0.15, 0.2) is 42.7 Å². The van der Waals surface area contributed by atoms with Crippen LogP contribution in [0.5, 0.6) is 5.75 Å². The molecule has 5 heteroatoms. The molecule has 2 unspecified atom stereocenters. The standard InChI is InChI=1S/C17H19Cl2NO2/c1-11(2)16(17(21-3)12-5-4-8-20-10-12)22-15-7-6-13(18)9-14(15)19/h4-11,16-17H,1-3H3. The van der Waals surface area contributed by atoms with E-state index in [0.717, 1.165) is 5.56 Å². The van der Waals surface area contributed by atoms with Crippen LogP contribution in [-0.2, 0) is 4.74 Å². The molecule has 3 nitrogen and oxygen atoms in total. The molecule has 1 aromatic heterocycles. The molecular formula is C17H19Cl2NO2. The summed E-state index contributed by atoms with van der Waals surface area (Å²) in [5, 5.41) is 1.06. The van der Waals surface area contributed by atoms with Gasteiger partial charge in [0.25, 0.3) is 0 Å². The van der Waals surface area contributed by atoms with Gasteiger partial charge in [0.1, 0.15) is 18.0 Å². The summed E-state index contributed by atoms with van der Waals surface area (Å²) < 4.78 is 11.8. The maximum Gasteiger partial charge on any atom is 0.138 e. The predicted molar refractivity (Wildman–Crippen MR) is 89.7 cm³/mol. The first-order chi connectivity index (χ1) is 10.5. The van der Waals surface area contributed by atoms with E-state index in [2.05, 4.69) is 18.8 Å². The molecule has 1 heterocycles. The van der Waals surface area contributed by atoms with Crippen molar-refractivity contribution in [2.24, 2.45) is 5.92 Å². The van der Waals surface area contributed by atoms with Crippen LogP contribution in [0, 0.1) is 5.92 Å². The van der Waals surface area contributed by atoms with Crippen LogP contribution in [-0.4, -0.2) is 18.2 Å². The van der Waals surface area contributed by atoms with Gasteiger partial charge < -0.3 is 9.47 Å². The second-order valence-electron chi connectivity index (χ2n) is 5.34. The highest BCUT2D eigenvalue weighted by Gasteiger charge is 2.28. The molecule has 0 aliphatic heterocycles. The number of benzene rings is 1. The molecule has 0 amide bonds. The van der Waals surface area contributed by atoms with E-state index < -0.39 is 0 Å². The summed E-state index contributed by atoms with van der Waals surface area (Å²) in [6.45, 7) is 4.16. The molecule has 0 aliphatic carbocycles. The first kappa shape index (κ1) is 17.1. The Morgan fingerprint density at radius 1 is 1.14 bits per heavy atom. The molecule has 0 aliphatic rings. The number of nitrogens with zero attached hydrogens (tertiary/aromatic N) is 1. The topological polar surface area (TPSA) is 31.4 Å². The van der Waals surface area contributed by atoms with Crippen LogP contribution >= 0.6 is 23.2 Å². The fourth-order valence-electron chi connectivity index (χ4n) is 2.27. The minimum atomic E-state index is -0.236. The van der Waals surface area contributed by atoms with Crippen molar-refractivity contribution in [1.82, 2.24) is 4.98 Å². The fraction of sp³-hybridized carbons (Fsp3) is 0.353. The van der Waals surface area contributed by atoms with Crippen LogP contribution in [0.4, 0.5) is 0 Å². The van der Waals surface area contributed by atoms with Crippen molar-refractivity contribution >= 4 is 23.2 Å². The third-order valence-corrected chi connectivity index (χ3v) is 3.91. The molecule has 2 atom stereocenters. The predicted octanol–water partition coefficient (Wildman–Crippen LogP) is 5.18. The SMILES string of the molecule is COC(c1cccnc1)C(Oc1ccc(Cl)cc1Cl)C(C)C. The average molecular weight is 340 g/mol. The number of halogens is 2. The van der Waals surface area contributed by atoms with Crippen LogP contribution in [0.2, 0.25) is 10.0 Å². The van der Waals surface area contributed by atoms with E-state index in [4.69, 9.17) is 32.7 Å². The van der Waals surface area contributed by atoms with Crippen molar-refractivity contribution in [1.29, 1.82) is 0 Å². The van der Waals surface area contributed by atoms with Crippen molar-refractivity contribution < 1.29 is 9.47 Å². The first-order valence-corrected chi connectivity index (χ1v) is 7.83. The van der Waals surface area contributed by atoms with Gasteiger partial charge in [-0.15, -0.1) is 0 Å². The van der Waals surface area contributed by atoms with Crippen molar-refractivity contribution in [3.8, 4) is 5.75 Å². The number of methoxy groups -OCH3 is 1. The van der Waals surface area contributed by atoms with Gasteiger partial charge in [-0.1, -0.05) is 43.1 Å². The third kappa shape index (κ3) is 4.13. The third-order valence-electron chi connectivity index (χ3n) is 3.38. The Kier molecular flexibility index (Phi) is 6.07. The lowest BCUT2D eigenvalue weighted by molar-refractivity contribution is -0.0216. The van der Waals surface area contributed by atoms with Gasteiger partial charge in [-0.3, -0.25) is 4.98 Å². The summed E-state index contributed by atoms with van der Waals surface area (Å²) in [6, 6.07) is 9.06. The molecule has 2 aromatic rings. The smallest absolute Gasteiger partial charge is 0.138 e. The fourth-order valence-corrected chi connectivity index (χ4v) is 2.72. The molecule has 118 valence electrons. The van der Waals surface area contributed by atoms with Gasteiger partial charge in [0.05, 0.1) is 5.02 Å². The van der Waals surface area contributed by atoms with E-state index in [0.29, 0.717) is 15.8 Å². The Hall–Kier alpha value is -1.29. The molecule has 0 spiro atoms. The largest absolute Gasteiger partial charge is 0.486 e. The van der Waals surface area contributed by atoms with Gasteiger partial charge >= 0.3 is 0 Å². The van der Waals surface area contributed by atoms with Crippen LogP contribution in [0.3, 0.4) is 0 Å². The summed E-state index contributed by atoms with van der Waals surface area (Å²) in [4.78, 5) is 4.15. The molecule has 0 saturated heterocycles. The van der Waals surface area contributed by atoms with E-state index in [9.17, 15) is 0 Å². The minimum absolute atomic E-state index is 0.201. The van der Waals surface area contributed by atoms with E-state index in [1.807, 2.05) is 12.1 Å². The molecule has 0 saturated carbocycles. The number of hydrogen-bond acceptors (Lipinski definition) is 3. The number of pyridine rings is 1. The monoisotopic (exact) mass is 339 g/mol. The van der Waals surface area contributed by atoms with Gasteiger partial charge in [-0.25, -0.2) is 0 Å². The zero-order valence-electron chi connectivity index (χ0n) is 12.8. The number of rotatable bonds is 6. The number of hydrogen-bond donors (Lipinski definition) is 0. The zero-order valence-corrected chi connectivity index (χ0v) is 14.3. The Balaban J connectivity index is 2.29. The second-order valence-corrected chi connectivity index (χ2v) is 6.19. The van der Waals surface area contributed by atoms with Gasteiger partial charge in [0, 0.05) is 30.1 Å². The molecular weight excluding hydrogens is 321 g/mol. The highest BCUT2D eigenvalue weighted by Crippen LogP contribution is 2.33. The summed E-state index contributed by atoms with van der Waals surface area (Å²) in [5.41, 5.74) is 0.966. The molecule has 0 radical (unpaired) electrons. The van der Waals surface area contributed by atoms with E-state index in [1.165, 1.54) is 0 Å². The molecule has 0 bridgehead atoms. The van der Waals surface area contributed by atoms with E-state index in [-0.39, 0.29) is 18.1 Å². The van der Waals surface area contributed by atoms with Gasteiger partial charge in [0.15, 0.2) is 0 Å². The maximum absolute atomic E-state index is 6.21. The van der Waals surface area contributed by atoms with Crippen LogP contribution in [0.1, 0.15) is 25.5 Å². The first-order valence-electron chi connectivity index (χ1n) is 7.07. The molecule has 0 N–H and O–H groups in total. The lowest BCUT2D eigenvalue weighted by Gasteiger charge is -2.30.